The van der Waals surface area contributed by atoms with E-state index in [1.54, 1.807) is 26.0 Å². The van der Waals surface area contributed by atoms with Crippen LogP contribution in [0.15, 0.2) is 54.7 Å². The number of carbonyl (C=O) groups is 3. The number of aromatic hydroxyl groups is 1. The van der Waals surface area contributed by atoms with Crippen LogP contribution in [0.1, 0.15) is 47.3 Å². The van der Waals surface area contributed by atoms with Gasteiger partial charge in [0.1, 0.15) is 11.4 Å². The van der Waals surface area contributed by atoms with Gasteiger partial charge < -0.3 is 20.8 Å². The van der Waals surface area contributed by atoms with Crippen molar-refractivity contribution in [3.8, 4) is 17.0 Å². The quantitative estimate of drug-likeness (QED) is 0.388. The SMILES string of the molecule is CC(CNC(=O)c1ncc(C(=O)NC(C)(C)c2ccc(-c3ccc(F)cc3)cc2)c(O)n1)C(=O)O. The van der Waals surface area contributed by atoms with Crippen LogP contribution in [0.5, 0.6) is 5.88 Å². The number of nitrogens with zero attached hydrogens (tertiary/aromatic N) is 2. The highest BCUT2D eigenvalue weighted by atomic mass is 19.1. The molecule has 3 aromatic rings. The van der Waals surface area contributed by atoms with E-state index in [-0.39, 0.29) is 17.9 Å². The molecule has 2 amide bonds. The topological polar surface area (TPSA) is 142 Å². The maximum atomic E-state index is 13.2. The molecule has 0 aliphatic heterocycles. The second kappa shape index (κ2) is 10.3. The zero-order valence-corrected chi connectivity index (χ0v) is 19.4. The normalized spacial score (nSPS) is 12.0. The monoisotopic (exact) mass is 480 g/mol. The molecule has 0 saturated carbocycles. The molecular weight excluding hydrogens is 455 g/mol. The van der Waals surface area contributed by atoms with Crippen molar-refractivity contribution in [3.05, 3.63) is 77.5 Å². The van der Waals surface area contributed by atoms with Crippen LogP contribution in [0.2, 0.25) is 0 Å². The van der Waals surface area contributed by atoms with E-state index in [0.29, 0.717) is 0 Å². The summed E-state index contributed by atoms with van der Waals surface area (Å²) in [5.41, 5.74) is 1.45. The predicted octanol–water partition coefficient (Wildman–Crippen LogP) is 3.10. The zero-order valence-electron chi connectivity index (χ0n) is 19.4. The van der Waals surface area contributed by atoms with Gasteiger partial charge in [0, 0.05) is 12.7 Å². The average molecular weight is 480 g/mol. The van der Waals surface area contributed by atoms with E-state index >= 15 is 0 Å². The van der Waals surface area contributed by atoms with Gasteiger partial charge in [-0.25, -0.2) is 9.37 Å². The maximum Gasteiger partial charge on any atom is 0.308 e. The summed E-state index contributed by atoms with van der Waals surface area (Å²) in [5.74, 6) is -4.71. The van der Waals surface area contributed by atoms with Gasteiger partial charge in [0.15, 0.2) is 0 Å². The first-order valence-electron chi connectivity index (χ1n) is 10.7. The van der Waals surface area contributed by atoms with Gasteiger partial charge in [0.2, 0.25) is 11.7 Å². The zero-order chi connectivity index (χ0) is 25.8. The van der Waals surface area contributed by atoms with E-state index in [9.17, 15) is 23.9 Å². The minimum Gasteiger partial charge on any atom is -0.493 e. The molecular formula is C25H25FN4O5. The Morgan fingerprint density at radius 2 is 1.57 bits per heavy atom. The minimum absolute atomic E-state index is 0.144. The number of hydrogen-bond donors (Lipinski definition) is 4. The first-order valence-corrected chi connectivity index (χ1v) is 10.7. The third-order valence-electron chi connectivity index (χ3n) is 5.42. The molecule has 1 unspecified atom stereocenters. The Hall–Kier alpha value is -4.34. The third-order valence-corrected chi connectivity index (χ3v) is 5.42. The smallest absolute Gasteiger partial charge is 0.308 e. The molecule has 1 aromatic heterocycles. The predicted molar refractivity (Wildman–Crippen MR) is 125 cm³/mol. The van der Waals surface area contributed by atoms with Crippen molar-refractivity contribution in [3.63, 3.8) is 0 Å². The Labute approximate surface area is 201 Å². The molecule has 0 spiro atoms. The molecule has 0 saturated heterocycles. The summed E-state index contributed by atoms with van der Waals surface area (Å²) in [6.45, 7) is 4.84. The number of benzene rings is 2. The number of aromatic nitrogens is 2. The van der Waals surface area contributed by atoms with Crippen molar-refractivity contribution in [2.45, 2.75) is 26.3 Å². The molecule has 0 radical (unpaired) electrons. The molecule has 9 nitrogen and oxygen atoms in total. The number of carbonyl (C=O) groups excluding carboxylic acids is 2. The summed E-state index contributed by atoms with van der Waals surface area (Å²) in [4.78, 5) is 43.2. The van der Waals surface area contributed by atoms with Crippen LogP contribution in [-0.4, -0.2) is 44.5 Å². The lowest BCUT2D eigenvalue weighted by Gasteiger charge is -2.27. The standard InChI is InChI=1S/C25H25FN4O5/c1-14(24(34)35)12-28-23(33)20-27-13-19(21(31)29-20)22(32)30-25(2,3)17-8-4-15(5-9-17)16-6-10-18(26)11-7-16/h4-11,13-14H,12H2,1-3H3,(H,28,33)(H,30,32)(H,34,35)(H,27,29,31). The summed E-state index contributed by atoms with van der Waals surface area (Å²) < 4.78 is 13.2. The minimum atomic E-state index is -1.08. The van der Waals surface area contributed by atoms with Gasteiger partial charge in [-0.2, -0.15) is 4.98 Å². The molecule has 0 aliphatic carbocycles. The molecule has 1 heterocycles. The van der Waals surface area contributed by atoms with Crippen LogP contribution in [0.25, 0.3) is 11.1 Å². The number of carboxylic acid groups (broad SMARTS) is 1. The van der Waals surface area contributed by atoms with Crippen molar-refractivity contribution in [2.75, 3.05) is 6.54 Å². The molecule has 3 rings (SSSR count). The maximum absolute atomic E-state index is 13.2. The lowest BCUT2D eigenvalue weighted by atomic mass is 9.92. The Morgan fingerprint density at radius 1 is 1.00 bits per heavy atom. The van der Waals surface area contributed by atoms with Crippen molar-refractivity contribution in [1.82, 2.24) is 20.6 Å². The third kappa shape index (κ3) is 6.17. The summed E-state index contributed by atoms with van der Waals surface area (Å²) in [6, 6.07) is 13.5. The van der Waals surface area contributed by atoms with Gasteiger partial charge in [-0.1, -0.05) is 43.3 Å². The van der Waals surface area contributed by atoms with E-state index in [1.165, 1.54) is 19.1 Å². The summed E-state index contributed by atoms with van der Waals surface area (Å²) in [5, 5.41) is 24.3. The Balaban J connectivity index is 1.69. The average Bonchev–Trinajstić information content (AvgIpc) is 2.82. The van der Waals surface area contributed by atoms with Gasteiger partial charge in [0.25, 0.3) is 11.8 Å². The number of amides is 2. The van der Waals surface area contributed by atoms with Crippen molar-refractivity contribution in [1.29, 1.82) is 0 Å². The summed E-state index contributed by atoms with van der Waals surface area (Å²) in [6.07, 6.45) is 1.03. The molecule has 0 bridgehead atoms. The van der Waals surface area contributed by atoms with Gasteiger partial charge >= 0.3 is 5.97 Å². The lowest BCUT2D eigenvalue weighted by Crippen LogP contribution is -2.41. The molecule has 10 heteroatoms. The number of rotatable bonds is 8. The van der Waals surface area contributed by atoms with E-state index in [2.05, 4.69) is 20.6 Å². The molecule has 4 N–H and O–H groups in total. The first kappa shape index (κ1) is 25.3. The Morgan fingerprint density at radius 3 is 2.11 bits per heavy atom. The number of nitrogens with one attached hydrogen (secondary N) is 2. The molecule has 0 aliphatic rings. The van der Waals surface area contributed by atoms with Crippen LogP contribution >= 0.6 is 0 Å². The second-order valence-electron chi connectivity index (χ2n) is 8.54. The Kier molecular flexibility index (Phi) is 7.43. The first-order chi connectivity index (χ1) is 16.5. The van der Waals surface area contributed by atoms with Gasteiger partial charge in [0.05, 0.1) is 11.5 Å². The number of hydrogen-bond acceptors (Lipinski definition) is 6. The fourth-order valence-corrected chi connectivity index (χ4v) is 3.20. The van der Waals surface area contributed by atoms with Crippen LogP contribution in [-0.2, 0) is 10.3 Å². The van der Waals surface area contributed by atoms with Gasteiger partial charge in [-0.05, 0) is 42.7 Å². The number of halogens is 1. The van der Waals surface area contributed by atoms with Crippen molar-refractivity contribution < 1.29 is 29.0 Å². The van der Waals surface area contributed by atoms with E-state index < -0.39 is 40.9 Å². The highest BCUT2D eigenvalue weighted by Crippen LogP contribution is 2.26. The van der Waals surface area contributed by atoms with Gasteiger partial charge in [-0.15, -0.1) is 0 Å². The summed E-state index contributed by atoms with van der Waals surface area (Å²) in [7, 11) is 0. The fraction of sp³-hybridized carbons (Fsp3) is 0.240. The van der Waals surface area contributed by atoms with Gasteiger partial charge in [-0.3, -0.25) is 14.4 Å². The van der Waals surface area contributed by atoms with E-state index in [0.717, 1.165) is 22.9 Å². The van der Waals surface area contributed by atoms with Crippen molar-refractivity contribution in [2.24, 2.45) is 5.92 Å². The molecule has 182 valence electrons. The molecule has 2 aromatic carbocycles. The molecule has 1 atom stereocenters. The fourth-order valence-electron chi connectivity index (χ4n) is 3.20. The van der Waals surface area contributed by atoms with Crippen molar-refractivity contribution >= 4 is 17.8 Å². The highest BCUT2D eigenvalue weighted by molar-refractivity contribution is 5.97. The Bertz CT molecular complexity index is 1240. The highest BCUT2D eigenvalue weighted by Gasteiger charge is 2.26. The van der Waals surface area contributed by atoms with Crippen LogP contribution < -0.4 is 10.6 Å². The molecule has 0 fully saturated rings. The van der Waals surface area contributed by atoms with E-state index in [4.69, 9.17) is 5.11 Å². The van der Waals surface area contributed by atoms with E-state index in [1.807, 2.05) is 24.3 Å². The summed E-state index contributed by atoms with van der Waals surface area (Å²) >= 11 is 0. The van der Waals surface area contributed by atoms with Crippen LogP contribution in [0, 0.1) is 11.7 Å². The largest absolute Gasteiger partial charge is 0.493 e. The van der Waals surface area contributed by atoms with Crippen LogP contribution in [0.3, 0.4) is 0 Å². The molecule has 35 heavy (non-hydrogen) atoms. The lowest BCUT2D eigenvalue weighted by molar-refractivity contribution is -0.140. The van der Waals surface area contributed by atoms with Crippen LogP contribution in [0.4, 0.5) is 4.39 Å². The second-order valence-corrected chi connectivity index (χ2v) is 8.54. The number of aliphatic carboxylic acids is 1. The number of carboxylic acids is 1.